The summed E-state index contributed by atoms with van der Waals surface area (Å²) in [6, 6.07) is 28.9. The van der Waals surface area contributed by atoms with Gasteiger partial charge in [-0.2, -0.15) is 0 Å². The van der Waals surface area contributed by atoms with Gasteiger partial charge in [0.05, 0.1) is 55.0 Å². The van der Waals surface area contributed by atoms with Crippen LogP contribution in [0.1, 0.15) is 72.6 Å². The maximum atomic E-state index is 13.9. The largest absolute Gasteiger partial charge is 0.453 e. The van der Waals surface area contributed by atoms with Crippen LogP contribution >= 0.6 is 22.7 Å². The fourth-order valence-electron chi connectivity index (χ4n) is 8.39. The number of carbonyl (C=O) groups excluding carboxylic acids is 4. The number of likely N-dealkylation sites (tertiary alicyclic amines) is 2. The highest BCUT2D eigenvalue weighted by molar-refractivity contribution is 7.31. The average Bonchev–Trinajstić information content (AvgIpc) is 4.17. The molecule has 0 saturated carbocycles. The lowest BCUT2D eigenvalue weighted by atomic mass is 10.1. The number of nitrogens with one attached hydrogen (secondary N) is 4. The first kappa shape index (κ1) is 40.6. The Morgan fingerprint density at radius 1 is 0.629 bits per heavy atom. The van der Waals surface area contributed by atoms with Crippen molar-refractivity contribution in [1.29, 1.82) is 0 Å². The molecule has 2 aliphatic rings. The van der Waals surface area contributed by atoms with Crippen LogP contribution < -0.4 is 10.6 Å². The molecule has 2 unspecified atom stereocenters. The zero-order chi connectivity index (χ0) is 42.7. The summed E-state index contributed by atoms with van der Waals surface area (Å²) in [6.07, 6.45) is 5.46. The number of aromatic amines is 2. The van der Waals surface area contributed by atoms with Crippen molar-refractivity contribution < 1.29 is 28.7 Å². The van der Waals surface area contributed by atoms with Crippen LogP contribution in [-0.2, 0) is 19.1 Å². The van der Waals surface area contributed by atoms with Crippen molar-refractivity contribution in [2.24, 2.45) is 0 Å². The molecule has 0 radical (unpaired) electrons. The number of alkyl carbamates (subject to hydrolysis) is 2. The molecule has 0 bridgehead atoms. The monoisotopic (exact) mass is 868 g/mol. The summed E-state index contributed by atoms with van der Waals surface area (Å²) in [5.41, 5.74) is 5.19. The Morgan fingerprint density at radius 3 is 1.60 bits per heavy atom. The van der Waals surface area contributed by atoms with Crippen molar-refractivity contribution in [3.8, 4) is 32.3 Å². The van der Waals surface area contributed by atoms with Gasteiger partial charge in [0.25, 0.3) is 11.8 Å². The number of aromatic nitrogens is 4. The lowest BCUT2D eigenvalue weighted by molar-refractivity contribution is -0.135. The van der Waals surface area contributed by atoms with Crippen molar-refractivity contribution in [2.75, 3.05) is 27.3 Å². The summed E-state index contributed by atoms with van der Waals surface area (Å²) in [4.78, 5) is 74.6. The number of hydrogen-bond acceptors (Lipinski definition) is 10. The first-order valence-corrected chi connectivity index (χ1v) is 22.1. The van der Waals surface area contributed by atoms with E-state index in [0.717, 1.165) is 63.8 Å². The number of amides is 4. The van der Waals surface area contributed by atoms with Crippen LogP contribution in [0.5, 0.6) is 0 Å². The molecule has 62 heavy (non-hydrogen) atoms. The van der Waals surface area contributed by atoms with Gasteiger partial charge in [-0.15, -0.1) is 22.7 Å². The number of fused-ring (bicyclic) bond motifs is 1. The highest BCUT2D eigenvalue weighted by Gasteiger charge is 2.38. The van der Waals surface area contributed by atoms with Crippen LogP contribution in [0.2, 0.25) is 0 Å². The van der Waals surface area contributed by atoms with Gasteiger partial charge in [-0.3, -0.25) is 9.59 Å². The number of nitrogens with zero attached hydrogens (tertiary/aromatic N) is 4. The van der Waals surface area contributed by atoms with Crippen molar-refractivity contribution >= 4 is 56.1 Å². The molecule has 2 saturated heterocycles. The van der Waals surface area contributed by atoms with Gasteiger partial charge >= 0.3 is 12.2 Å². The van der Waals surface area contributed by atoms with Gasteiger partial charge in [-0.05, 0) is 60.1 Å². The summed E-state index contributed by atoms with van der Waals surface area (Å²) in [6.45, 7) is 1.11. The molecule has 0 aliphatic carbocycles. The summed E-state index contributed by atoms with van der Waals surface area (Å²) in [5, 5.41) is 5.44. The van der Waals surface area contributed by atoms with E-state index in [9.17, 15) is 19.2 Å². The number of imidazole rings is 2. The van der Waals surface area contributed by atoms with Gasteiger partial charge in [-0.25, -0.2) is 19.6 Å². The summed E-state index contributed by atoms with van der Waals surface area (Å²) < 4.78 is 12.0. The minimum Gasteiger partial charge on any atom is -0.453 e. The lowest BCUT2D eigenvalue weighted by Crippen LogP contribution is -2.42. The second kappa shape index (κ2) is 17.7. The molecular weight excluding hydrogens is 825 g/mol. The first-order chi connectivity index (χ1) is 30.3. The molecule has 6 heterocycles. The normalized spacial score (nSPS) is 17.2. The maximum absolute atomic E-state index is 13.9. The Balaban J connectivity index is 0.869. The Morgan fingerprint density at radius 2 is 1.08 bits per heavy atom. The Kier molecular flexibility index (Phi) is 11.6. The maximum Gasteiger partial charge on any atom is 0.407 e. The summed E-state index contributed by atoms with van der Waals surface area (Å²) >= 11 is 3.42. The molecule has 14 nitrogen and oxygen atoms in total. The number of benzene rings is 3. The van der Waals surface area contributed by atoms with Crippen LogP contribution in [0.15, 0.2) is 109 Å². The molecule has 4 N–H and O–H groups in total. The highest BCUT2D eigenvalue weighted by Crippen LogP contribution is 2.43. The predicted molar refractivity (Wildman–Crippen MR) is 237 cm³/mol. The molecule has 4 aromatic heterocycles. The molecule has 9 rings (SSSR count). The van der Waals surface area contributed by atoms with E-state index in [1.54, 1.807) is 32.5 Å². The standard InChI is InChI=1S/C46H44N8O6S2/c1-59-45(57)51-39(29-11-5-3-6-12-29)43(55)53-21-9-15-33(53)41-47-25-31(49-41)27-17-19-28(20-18-27)35-23-37-38(61-35)24-36(62-37)32-26-48-42(50-32)34-16-10-22-54(34)44(56)40(52-46(58)60-2)30-13-7-4-8-14-30/h3-8,11-14,17-20,23-26,33-34,39-40H,9-10,15-16,21-22H2,1-2H3,(H,47,49)(H,48,50)(H,51,57)(H,52,58)/t33?,34?,39-,40-/m1/s1. The fraction of sp³-hybridized carbons (Fsp3) is 0.261. The van der Waals surface area contributed by atoms with Gasteiger partial charge < -0.3 is 39.9 Å². The van der Waals surface area contributed by atoms with Gasteiger partial charge in [0.2, 0.25) is 0 Å². The van der Waals surface area contributed by atoms with E-state index in [2.05, 4.69) is 57.0 Å². The molecule has 7 aromatic rings. The number of methoxy groups -OCH3 is 2. The topological polar surface area (TPSA) is 175 Å². The molecule has 0 spiro atoms. The van der Waals surface area contributed by atoms with E-state index >= 15 is 0 Å². The van der Waals surface area contributed by atoms with E-state index in [1.807, 2.05) is 73.1 Å². The molecule has 16 heteroatoms. The molecule has 3 aromatic carbocycles. The molecule has 2 fully saturated rings. The number of thiophene rings is 2. The second-order valence-corrected chi connectivity index (χ2v) is 17.4. The van der Waals surface area contributed by atoms with Crippen LogP contribution in [0.3, 0.4) is 0 Å². The quantitative estimate of drug-likeness (QED) is 0.0997. The van der Waals surface area contributed by atoms with Crippen molar-refractivity contribution in [3.63, 3.8) is 0 Å². The third kappa shape index (κ3) is 8.18. The smallest absolute Gasteiger partial charge is 0.407 e. The Hall–Kier alpha value is -6.78. The minimum atomic E-state index is -0.880. The van der Waals surface area contributed by atoms with E-state index in [1.165, 1.54) is 23.6 Å². The number of rotatable bonds is 11. The third-order valence-electron chi connectivity index (χ3n) is 11.5. The fourth-order valence-corrected chi connectivity index (χ4v) is 10.8. The number of H-pyrrole nitrogens is 2. The lowest BCUT2D eigenvalue weighted by Gasteiger charge is -2.28. The number of ether oxygens (including phenoxy) is 2. The number of carbonyl (C=O) groups is 4. The van der Waals surface area contributed by atoms with Gasteiger partial charge in [0.15, 0.2) is 0 Å². The van der Waals surface area contributed by atoms with E-state index in [4.69, 9.17) is 19.4 Å². The zero-order valence-electron chi connectivity index (χ0n) is 34.0. The molecule has 316 valence electrons. The highest BCUT2D eigenvalue weighted by atomic mass is 32.1. The van der Waals surface area contributed by atoms with Crippen molar-refractivity contribution in [3.05, 3.63) is 132 Å². The molecule has 4 amide bonds. The predicted octanol–water partition coefficient (Wildman–Crippen LogP) is 8.93. The van der Waals surface area contributed by atoms with E-state index < -0.39 is 24.3 Å². The van der Waals surface area contributed by atoms with Gasteiger partial charge in [0, 0.05) is 27.4 Å². The average molecular weight is 869 g/mol. The SMILES string of the molecule is COC(=O)N[C@@H](C(=O)N1CCCC1c1ncc(-c2ccc(-c3cc4sc(-c5cnc(C6CCCN6C(=O)[C@H](NC(=O)OC)c6ccccc6)[nH]5)cc4s3)cc2)[nH]1)c1ccccc1. The van der Waals surface area contributed by atoms with Crippen LogP contribution in [-0.4, -0.2) is 81.0 Å². The molecule has 4 atom stereocenters. The minimum absolute atomic E-state index is 0.206. The van der Waals surface area contributed by atoms with Gasteiger partial charge in [0.1, 0.15) is 23.7 Å². The summed E-state index contributed by atoms with van der Waals surface area (Å²) in [7, 11) is 2.57. The van der Waals surface area contributed by atoms with Gasteiger partial charge in [-0.1, -0.05) is 84.9 Å². The molecular formula is C46H44N8O6S2. The first-order valence-electron chi connectivity index (χ1n) is 20.4. The van der Waals surface area contributed by atoms with Crippen molar-refractivity contribution in [1.82, 2.24) is 40.4 Å². The third-order valence-corrected chi connectivity index (χ3v) is 13.9. The van der Waals surface area contributed by atoms with Crippen molar-refractivity contribution in [2.45, 2.75) is 49.9 Å². The zero-order valence-corrected chi connectivity index (χ0v) is 35.6. The molecule has 2 aliphatic heterocycles. The Labute approximate surface area is 365 Å². The second-order valence-electron chi connectivity index (χ2n) is 15.2. The Bertz CT molecular complexity index is 2680. The summed E-state index contributed by atoms with van der Waals surface area (Å²) in [5.74, 6) is 1.01. The van der Waals surface area contributed by atoms with Crippen LogP contribution in [0, 0.1) is 0 Å². The van der Waals surface area contributed by atoms with E-state index in [0.29, 0.717) is 30.0 Å². The van der Waals surface area contributed by atoms with Crippen LogP contribution in [0.4, 0.5) is 9.59 Å². The number of hydrogen-bond donors (Lipinski definition) is 4. The van der Waals surface area contributed by atoms with E-state index in [-0.39, 0.29) is 23.9 Å². The van der Waals surface area contributed by atoms with Crippen LogP contribution in [0.25, 0.3) is 41.7 Å².